The highest BCUT2D eigenvalue weighted by Crippen LogP contribution is 2.32. The summed E-state index contributed by atoms with van der Waals surface area (Å²) in [5.41, 5.74) is 2.51. The van der Waals surface area contributed by atoms with Crippen molar-refractivity contribution in [2.45, 2.75) is 45.9 Å². The second kappa shape index (κ2) is 8.57. The number of ether oxygens (including phenoxy) is 1. The second-order valence-electron chi connectivity index (χ2n) is 7.89. The lowest BCUT2D eigenvalue weighted by molar-refractivity contribution is -0.00557. The maximum Gasteiger partial charge on any atom is 0.322 e. The number of fused-ring (bicyclic) bond motifs is 1. The van der Waals surface area contributed by atoms with Gasteiger partial charge in [-0.15, -0.1) is 0 Å². The number of rotatable bonds is 2. The molecule has 30 heavy (non-hydrogen) atoms. The van der Waals surface area contributed by atoms with Crippen LogP contribution in [-0.2, 0) is 17.7 Å². The number of nitrogens with zero attached hydrogens (tertiary/aromatic N) is 4. The van der Waals surface area contributed by atoms with E-state index in [4.69, 9.17) is 32.9 Å². The van der Waals surface area contributed by atoms with Gasteiger partial charge in [0.15, 0.2) is 0 Å². The Kier molecular flexibility index (Phi) is 6.04. The lowest BCUT2D eigenvalue weighted by Gasteiger charge is -2.38. The van der Waals surface area contributed by atoms with E-state index in [1.54, 1.807) is 23.1 Å². The number of amides is 2. The van der Waals surface area contributed by atoms with Crippen molar-refractivity contribution in [2.24, 2.45) is 0 Å². The first-order valence-electron chi connectivity index (χ1n) is 10.1. The number of morpholine rings is 1. The number of anilines is 2. The molecule has 1 aromatic carbocycles. The largest absolute Gasteiger partial charge is 0.372 e. The number of urea groups is 1. The minimum absolute atomic E-state index is 0.118. The summed E-state index contributed by atoms with van der Waals surface area (Å²) in [6.45, 7) is 8.58. The van der Waals surface area contributed by atoms with Crippen LogP contribution in [0.1, 0.15) is 30.9 Å². The van der Waals surface area contributed by atoms with Gasteiger partial charge in [-0.05, 0) is 32.9 Å². The van der Waals surface area contributed by atoms with Crippen molar-refractivity contribution >= 4 is 40.7 Å². The maximum atomic E-state index is 12.9. The molecule has 1 N–H and O–H groups in total. The molecule has 1 aromatic heterocycles. The molecule has 2 amide bonds. The fourth-order valence-electron chi connectivity index (χ4n) is 4.10. The molecule has 4 rings (SSSR count). The number of benzene rings is 1. The predicted octanol–water partition coefficient (Wildman–Crippen LogP) is 4.30. The molecule has 0 radical (unpaired) electrons. The number of halogens is 2. The number of aryl methyl sites for hydroxylation is 1. The zero-order valence-electron chi connectivity index (χ0n) is 17.3. The first kappa shape index (κ1) is 21.2. The van der Waals surface area contributed by atoms with E-state index < -0.39 is 0 Å². The summed E-state index contributed by atoms with van der Waals surface area (Å²) >= 11 is 12.3. The molecule has 2 unspecified atom stereocenters. The van der Waals surface area contributed by atoms with Gasteiger partial charge >= 0.3 is 6.03 Å². The molecule has 0 aliphatic carbocycles. The summed E-state index contributed by atoms with van der Waals surface area (Å²) in [4.78, 5) is 26.3. The molecular formula is C21H25Cl2N5O2. The lowest BCUT2D eigenvalue weighted by atomic mass is 10.0. The Bertz CT molecular complexity index is 961. The van der Waals surface area contributed by atoms with Crippen molar-refractivity contribution in [2.75, 3.05) is 29.9 Å². The van der Waals surface area contributed by atoms with Crippen LogP contribution in [0.3, 0.4) is 0 Å². The van der Waals surface area contributed by atoms with Crippen LogP contribution in [0, 0.1) is 6.92 Å². The molecule has 1 fully saturated rings. The Balaban J connectivity index is 1.58. The standard InChI is InChI=1S/C21H25Cl2N5O2/c1-12-9-28(10-13(2)30-12)20-15-11-27(8-7-17(15)24-14(3)25-20)21(29)26-18-6-4-5-16(22)19(18)23/h4-6,12-13H,7-11H2,1-3H3,(H,26,29). The van der Waals surface area contributed by atoms with E-state index in [1.165, 1.54) is 0 Å². The van der Waals surface area contributed by atoms with Crippen LogP contribution in [-0.4, -0.2) is 52.7 Å². The minimum Gasteiger partial charge on any atom is -0.372 e. The fraction of sp³-hybridized carbons (Fsp3) is 0.476. The number of carbonyl (C=O) groups excluding carboxylic acids is 1. The molecule has 2 aromatic rings. The zero-order chi connectivity index (χ0) is 21.4. The molecule has 3 heterocycles. The fourth-order valence-corrected chi connectivity index (χ4v) is 4.45. The second-order valence-corrected chi connectivity index (χ2v) is 8.67. The van der Waals surface area contributed by atoms with Crippen molar-refractivity contribution in [3.05, 3.63) is 45.3 Å². The van der Waals surface area contributed by atoms with Crippen LogP contribution in [0.2, 0.25) is 10.0 Å². The molecule has 0 saturated carbocycles. The Morgan fingerprint density at radius 1 is 1.20 bits per heavy atom. The summed E-state index contributed by atoms with van der Waals surface area (Å²) in [6, 6.07) is 4.95. The van der Waals surface area contributed by atoms with Gasteiger partial charge in [-0.1, -0.05) is 29.3 Å². The highest BCUT2D eigenvalue weighted by Gasteiger charge is 2.30. The Hall–Kier alpha value is -2.09. The number of hydrogen-bond donors (Lipinski definition) is 1. The van der Waals surface area contributed by atoms with Crippen LogP contribution in [0.4, 0.5) is 16.3 Å². The average molecular weight is 450 g/mol. The van der Waals surface area contributed by atoms with Crippen molar-refractivity contribution in [1.82, 2.24) is 14.9 Å². The van der Waals surface area contributed by atoms with E-state index in [9.17, 15) is 4.79 Å². The molecule has 7 nitrogen and oxygen atoms in total. The maximum absolute atomic E-state index is 12.9. The van der Waals surface area contributed by atoms with Crippen molar-refractivity contribution in [3.8, 4) is 0 Å². The molecule has 2 atom stereocenters. The van der Waals surface area contributed by atoms with Crippen LogP contribution < -0.4 is 10.2 Å². The van der Waals surface area contributed by atoms with Gasteiger partial charge in [-0.25, -0.2) is 14.8 Å². The van der Waals surface area contributed by atoms with Gasteiger partial charge in [-0.2, -0.15) is 0 Å². The van der Waals surface area contributed by atoms with E-state index in [-0.39, 0.29) is 18.2 Å². The quantitative estimate of drug-likeness (QED) is 0.739. The smallest absolute Gasteiger partial charge is 0.322 e. The highest BCUT2D eigenvalue weighted by atomic mass is 35.5. The topological polar surface area (TPSA) is 70.6 Å². The molecule has 160 valence electrons. The van der Waals surface area contributed by atoms with E-state index in [2.05, 4.69) is 29.0 Å². The van der Waals surface area contributed by atoms with Crippen LogP contribution in [0.5, 0.6) is 0 Å². The highest BCUT2D eigenvalue weighted by molar-refractivity contribution is 6.43. The van der Waals surface area contributed by atoms with Crippen LogP contribution in [0.15, 0.2) is 18.2 Å². The molecular weight excluding hydrogens is 425 g/mol. The third kappa shape index (κ3) is 4.33. The molecule has 1 saturated heterocycles. The van der Waals surface area contributed by atoms with Gasteiger partial charge in [0.1, 0.15) is 11.6 Å². The van der Waals surface area contributed by atoms with Gasteiger partial charge in [0, 0.05) is 31.6 Å². The summed E-state index contributed by atoms with van der Waals surface area (Å²) in [5.74, 6) is 1.65. The van der Waals surface area contributed by atoms with Crippen LogP contribution >= 0.6 is 23.2 Å². The van der Waals surface area contributed by atoms with Crippen LogP contribution in [0.25, 0.3) is 0 Å². The Morgan fingerprint density at radius 2 is 1.93 bits per heavy atom. The van der Waals surface area contributed by atoms with E-state index in [1.807, 2.05) is 6.92 Å². The number of carbonyl (C=O) groups is 1. The summed E-state index contributed by atoms with van der Waals surface area (Å²) in [5, 5.41) is 3.61. The third-order valence-corrected chi connectivity index (χ3v) is 6.17. The molecule has 2 aliphatic rings. The lowest BCUT2D eigenvalue weighted by Crippen LogP contribution is -2.47. The first-order valence-corrected chi connectivity index (χ1v) is 10.8. The Labute approximate surface area is 186 Å². The number of nitrogens with one attached hydrogen (secondary N) is 1. The molecule has 0 bridgehead atoms. The van der Waals surface area contributed by atoms with E-state index >= 15 is 0 Å². The predicted molar refractivity (Wildman–Crippen MR) is 119 cm³/mol. The van der Waals surface area contributed by atoms with Gasteiger partial charge in [-0.3, -0.25) is 0 Å². The normalized spacial score (nSPS) is 21.4. The summed E-state index contributed by atoms with van der Waals surface area (Å²) < 4.78 is 5.88. The van der Waals surface area contributed by atoms with E-state index in [0.29, 0.717) is 35.2 Å². The van der Waals surface area contributed by atoms with Crippen molar-refractivity contribution in [3.63, 3.8) is 0 Å². The van der Waals surface area contributed by atoms with Gasteiger partial charge < -0.3 is 19.9 Å². The number of hydrogen-bond acceptors (Lipinski definition) is 5. The Morgan fingerprint density at radius 3 is 2.67 bits per heavy atom. The van der Waals surface area contributed by atoms with Gasteiger partial charge in [0.2, 0.25) is 0 Å². The van der Waals surface area contributed by atoms with Gasteiger partial charge in [0.05, 0.1) is 40.2 Å². The van der Waals surface area contributed by atoms with Gasteiger partial charge in [0.25, 0.3) is 0 Å². The van der Waals surface area contributed by atoms with E-state index in [0.717, 1.165) is 36.0 Å². The molecule has 9 heteroatoms. The average Bonchev–Trinajstić information content (AvgIpc) is 2.69. The number of aromatic nitrogens is 2. The minimum atomic E-state index is -0.222. The summed E-state index contributed by atoms with van der Waals surface area (Å²) in [6.07, 6.45) is 0.915. The van der Waals surface area contributed by atoms with Crippen molar-refractivity contribution in [1.29, 1.82) is 0 Å². The molecule has 2 aliphatic heterocycles. The SMILES string of the molecule is Cc1nc2c(c(N3CC(C)OC(C)C3)n1)CN(C(=O)Nc1cccc(Cl)c1Cl)CC2. The summed E-state index contributed by atoms with van der Waals surface area (Å²) in [7, 11) is 0. The third-order valence-electron chi connectivity index (χ3n) is 5.35. The first-order chi connectivity index (χ1) is 14.3. The monoisotopic (exact) mass is 449 g/mol. The van der Waals surface area contributed by atoms with Crippen molar-refractivity contribution < 1.29 is 9.53 Å². The molecule has 0 spiro atoms. The zero-order valence-corrected chi connectivity index (χ0v) is 18.8.